The van der Waals surface area contributed by atoms with Crippen molar-refractivity contribution in [1.29, 1.82) is 0 Å². The van der Waals surface area contributed by atoms with Crippen LogP contribution in [0.4, 0.5) is 8.78 Å². The Bertz CT molecular complexity index is 383. The van der Waals surface area contributed by atoms with Crippen LogP contribution in [0.1, 0.15) is 6.42 Å². The van der Waals surface area contributed by atoms with Gasteiger partial charge in [-0.2, -0.15) is 8.78 Å². The van der Waals surface area contributed by atoms with Gasteiger partial charge in [0.2, 0.25) is 10.0 Å². The fourth-order valence-electron chi connectivity index (χ4n) is 0.657. The molecule has 12 heavy (non-hydrogen) atoms. The van der Waals surface area contributed by atoms with E-state index < -0.39 is 37.5 Å². The van der Waals surface area contributed by atoms with Gasteiger partial charge in [0.1, 0.15) is 0 Å². The Morgan fingerprint density at radius 2 is 1.67 bits per heavy atom. The van der Waals surface area contributed by atoms with Crippen molar-refractivity contribution in [2.75, 3.05) is 5.75 Å². The van der Waals surface area contributed by atoms with Crippen LogP contribution in [-0.2, 0) is 20.0 Å². The summed E-state index contributed by atoms with van der Waals surface area (Å²) in [5.74, 6) is -0.876. The third kappa shape index (κ3) is 1.57. The molecule has 1 heterocycles. The minimum Gasteiger partial charge on any atom is -0.211 e. The molecule has 9 heteroatoms. The standard InChI is InChI=1S/C3H5F2NO4S2/c4-3(5)1-2-11(7,8)6-12(3,9)10/h6H,1-2H2. The topological polar surface area (TPSA) is 80.3 Å². The maximum Gasteiger partial charge on any atom is 0.361 e. The lowest BCUT2D eigenvalue weighted by molar-refractivity contribution is 0.0858. The lowest BCUT2D eigenvalue weighted by Crippen LogP contribution is -2.49. The smallest absolute Gasteiger partial charge is 0.211 e. The molecule has 0 spiro atoms. The number of rotatable bonds is 0. The summed E-state index contributed by atoms with van der Waals surface area (Å²) in [6.45, 7) is 0. The number of hydrogen-bond acceptors (Lipinski definition) is 4. The number of hydrogen-bond donors (Lipinski definition) is 1. The molecule has 1 aliphatic heterocycles. The summed E-state index contributed by atoms with van der Waals surface area (Å²) in [6.07, 6.45) is -1.19. The van der Waals surface area contributed by atoms with E-state index in [4.69, 9.17) is 0 Å². The molecular weight excluding hydrogens is 216 g/mol. The van der Waals surface area contributed by atoms with Gasteiger partial charge < -0.3 is 0 Å². The summed E-state index contributed by atoms with van der Waals surface area (Å²) in [7, 11) is -9.12. The van der Waals surface area contributed by atoms with Crippen LogP contribution in [0.2, 0.25) is 0 Å². The number of halogens is 2. The SMILES string of the molecule is O=S1(=O)CCC(F)(F)S(=O)(=O)N1. The Labute approximate surface area is 67.9 Å². The minimum absolute atomic E-state index is 0.876. The molecule has 0 aromatic rings. The predicted octanol–water partition coefficient (Wildman–Crippen LogP) is -0.768. The van der Waals surface area contributed by atoms with Gasteiger partial charge in [0, 0.05) is 6.42 Å². The van der Waals surface area contributed by atoms with E-state index in [0.29, 0.717) is 0 Å². The van der Waals surface area contributed by atoms with E-state index in [1.54, 1.807) is 0 Å². The van der Waals surface area contributed by atoms with Crippen molar-refractivity contribution in [1.82, 2.24) is 4.13 Å². The van der Waals surface area contributed by atoms with Gasteiger partial charge in [-0.15, -0.1) is 4.13 Å². The summed E-state index contributed by atoms with van der Waals surface area (Å²) in [6, 6.07) is 0. The number of sulfonamides is 2. The van der Waals surface area contributed by atoms with Gasteiger partial charge in [0.25, 0.3) is 10.0 Å². The summed E-state index contributed by atoms with van der Waals surface area (Å²) in [5, 5.41) is -3.99. The first-order valence-corrected chi connectivity index (χ1v) is 5.93. The Balaban J connectivity index is 3.15. The van der Waals surface area contributed by atoms with Crippen molar-refractivity contribution in [2.24, 2.45) is 0 Å². The van der Waals surface area contributed by atoms with Gasteiger partial charge in [-0.05, 0) is 0 Å². The maximum atomic E-state index is 12.4. The van der Waals surface area contributed by atoms with Crippen LogP contribution in [-0.4, -0.2) is 27.8 Å². The quantitative estimate of drug-likeness (QED) is 0.582. The molecule has 0 aliphatic carbocycles. The van der Waals surface area contributed by atoms with Crippen molar-refractivity contribution in [2.45, 2.75) is 11.7 Å². The third-order valence-electron chi connectivity index (χ3n) is 1.29. The van der Waals surface area contributed by atoms with Gasteiger partial charge >= 0.3 is 5.25 Å². The lowest BCUT2D eigenvalue weighted by atomic mass is 10.5. The second-order valence-corrected chi connectivity index (χ2v) is 6.20. The highest BCUT2D eigenvalue weighted by Gasteiger charge is 2.51. The predicted molar refractivity (Wildman–Crippen MR) is 35.4 cm³/mol. The van der Waals surface area contributed by atoms with Gasteiger partial charge in [0.05, 0.1) is 5.75 Å². The van der Waals surface area contributed by atoms with E-state index in [2.05, 4.69) is 0 Å². The summed E-state index contributed by atoms with van der Waals surface area (Å²) >= 11 is 0. The molecule has 5 nitrogen and oxygen atoms in total. The second-order valence-electron chi connectivity index (χ2n) is 2.29. The zero-order valence-corrected chi connectivity index (χ0v) is 7.25. The highest BCUT2D eigenvalue weighted by molar-refractivity contribution is 8.05. The summed E-state index contributed by atoms with van der Waals surface area (Å²) in [4.78, 5) is 0. The van der Waals surface area contributed by atoms with E-state index >= 15 is 0 Å². The molecule has 1 N–H and O–H groups in total. The van der Waals surface area contributed by atoms with Gasteiger partial charge in [-0.3, -0.25) is 0 Å². The zero-order chi connectivity index (χ0) is 9.62. The first-order chi connectivity index (χ1) is 5.16. The maximum absolute atomic E-state index is 12.4. The van der Waals surface area contributed by atoms with Crippen molar-refractivity contribution >= 4 is 20.0 Å². The van der Waals surface area contributed by atoms with Gasteiger partial charge in [-0.1, -0.05) is 0 Å². The van der Waals surface area contributed by atoms with Gasteiger partial charge in [0.15, 0.2) is 0 Å². The van der Waals surface area contributed by atoms with Crippen molar-refractivity contribution in [3.05, 3.63) is 0 Å². The molecular formula is C3H5F2NO4S2. The monoisotopic (exact) mass is 221 g/mol. The van der Waals surface area contributed by atoms with E-state index in [9.17, 15) is 25.6 Å². The molecule has 1 aliphatic rings. The minimum atomic E-state index is -5.04. The Morgan fingerprint density at radius 3 is 2.00 bits per heavy atom. The van der Waals surface area contributed by atoms with E-state index in [1.807, 2.05) is 0 Å². The molecule has 72 valence electrons. The molecule has 0 aromatic carbocycles. The van der Waals surface area contributed by atoms with Crippen LogP contribution in [0, 0.1) is 0 Å². The molecule has 0 amide bonds. The normalized spacial score (nSPS) is 31.2. The van der Waals surface area contributed by atoms with E-state index in [1.165, 1.54) is 0 Å². The Kier molecular flexibility index (Phi) is 1.93. The second kappa shape index (κ2) is 2.36. The average Bonchev–Trinajstić information content (AvgIpc) is 1.79. The molecule has 0 radical (unpaired) electrons. The average molecular weight is 221 g/mol. The van der Waals surface area contributed by atoms with Crippen molar-refractivity contribution < 1.29 is 25.6 Å². The molecule has 1 saturated heterocycles. The molecule has 0 atom stereocenters. The molecule has 1 rings (SSSR count). The Morgan fingerprint density at radius 1 is 1.17 bits per heavy atom. The fourth-order valence-corrected chi connectivity index (χ4v) is 3.84. The molecule has 0 saturated carbocycles. The van der Waals surface area contributed by atoms with Gasteiger partial charge in [-0.25, -0.2) is 16.8 Å². The van der Waals surface area contributed by atoms with Crippen LogP contribution >= 0.6 is 0 Å². The van der Waals surface area contributed by atoms with Crippen LogP contribution < -0.4 is 4.13 Å². The third-order valence-corrected chi connectivity index (χ3v) is 4.92. The molecule has 1 fully saturated rings. The molecule has 0 unspecified atom stereocenters. The summed E-state index contributed by atoms with van der Waals surface area (Å²) in [5.41, 5.74) is 0. The summed E-state index contributed by atoms with van der Waals surface area (Å²) < 4.78 is 67.8. The Hall–Kier alpha value is -0.280. The van der Waals surface area contributed by atoms with Crippen LogP contribution in [0.3, 0.4) is 0 Å². The molecule has 0 aromatic heterocycles. The number of alkyl halides is 2. The fraction of sp³-hybridized carbons (Fsp3) is 1.00. The highest BCUT2D eigenvalue weighted by Crippen LogP contribution is 2.29. The number of nitrogens with one attached hydrogen (secondary N) is 1. The molecule has 0 bridgehead atoms. The highest BCUT2D eigenvalue weighted by atomic mass is 32.3. The van der Waals surface area contributed by atoms with Crippen LogP contribution in [0.15, 0.2) is 0 Å². The van der Waals surface area contributed by atoms with E-state index in [0.717, 1.165) is 4.13 Å². The first kappa shape index (κ1) is 9.81. The van der Waals surface area contributed by atoms with Crippen molar-refractivity contribution in [3.8, 4) is 0 Å². The van der Waals surface area contributed by atoms with Crippen LogP contribution in [0.25, 0.3) is 0 Å². The first-order valence-electron chi connectivity index (χ1n) is 2.80. The largest absolute Gasteiger partial charge is 0.361 e. The lowest BCUT2D eigenvalue weighted by Gasteiger charge is -2.21. The van der Waals surface area contributed by atoms with Crippen molar-refractivity contribution in [3.63, 3.8) is 0 Å². The van der Waals surface area contributed by atoms with Crippen LogP contribution in [0.5, 0.6) is 0 Å². The van der Waals surface area contributed by atoms with E-state index in [-0.39, 0.29) is 0 Å². The zero-order valence-electron chi connectivity index (χ0n) is 5.62.